The zero-order valence-corrected chi connectivity index (χ0v) is 20.1. The van der Waals surface area contributed by atoms with Gasteiger partial charge in [0, 0.05) is 6.42 Å². The number of carboxylic acid groups (broad SMARTS) is 1. The van der Waals surface area contributed by atoms with Gasteiger partial charge in [-0.2, -0.15) is 0 Å². The molecule has 6 nitrogen and oxygen atoms in total. The number of carbonyl (C=O) groups is 2. The number of nitrogens with zero attached hydrogens (tertiary/aromatic N) is 1. The summed E-state index contributed by atoms with van der Waals surface area (Å²) < 4.78 is 25.5. The Hall–Kier alpha value is -3.87. The average molecular weight is 478 g/mol. The number of hydrogen-bond acceptors (Lipinski definition) is 4. The van der Waals surface area contributed by atoms with E-state index in [4.69, 9.17) is 9.47 Å². The fraction of sp³-hybridized carbons (Fsp3) is 0.286. The van der Waals surface area contributed by atoms with Gasteiger partial charge in [-0.05, 0) is 60.7 Å². The molecule has 3 aromatic rings. The van der Waals surface area contributed by atoms with Crippen molar-refractivity contribution in [3.63, 3.8) is 0 Å². The largest absolute Gasteiger partial charge is 0.485 e. The predicted molar refractivity (Wildman–Crippen MR) is 130 cm³/mol. The van der Waals surface area contributed by atoms with E-state index < -0.39 is 35.6 Å². The van der Waals surface area contributed by atoms with Crippen LogP contribution in [-0.2, 0) is 16.0 Å². The maximum Gasteiger partial charge on any atom is 0.411 e. The second-order valence-corrected chi connectivity index (χ2v) is 9.49. The van der Waals surface area contributed by atoms with E-state index in [1.807, 2.05) is 69.3 Å². The molecule has 1 N–H and O–H groups in total. The Labute approximate surface area is 203 Å². The molecule has 0 heterocycles. The van der Waals surface area contributed by atoms with Crippen LogP contribution < -0.4 is 4.74 Å². The molecule has 182 valence electrons. The van der Waals surface area contributed by atoms with Crippen LogP contribution in [0.2, 0.25) is 0 Å². The molecule has 0 bridgehead atoms. The van der Waals surface area contributed by atoms with Gasteiger partial charge in [-0.1, -0.05) is 54.6 Å². The topological polar surface area (TPSA) is 76.1 Å². The number of rotatable bonds is 6. The summed E-state index contributed by atoms with van der Waals surface area (Å²) >= 11 is 0. The van der Waals surface area contributed by atoms with Crippen molar-refractivity contribution < 1.29 is 28.6 Å². The van der Waals surface area contributed by atoms with Gasteiger partial charge < -0.3 is 14.6 Å². The van der Waals surface area contributed by atoms with Gasteiger partial charge in [0.25, 0.3) is 0 Å². The molecule has 1 aliphatic rings. The number of carboxylic acids is 1. The molecule has 1 atom stereocenters. The number of fused-ring (bicyclic) bond motifs is 3. The van der Waals surface area contributed by atoms with E-state index in [0.717, 1.165) is 22.3 Å². The fourth-order valence-electron chi connectivity index (χ4n) is 4.56. The molecule has 0 unspecified atom stereocenters. The highest BCUT2D eigenvalue weighted by atomic mass is 19.1. The van der Waals surface area contributed by atoms with E-state index in [1.165, 1.54) is 24.1 Å². The standard InChI is InChI=1S/C28H28FNO5/c1-28(2,3)35-24-14-13-17(15-22(24)29)16-23(26(31)32)30(27(33)34-4)25-20-11-7-5-9-18(20)19-10-6-8-12-21(19)25/h5-15,23,25H,16H2,1-4H3,(H,31,32)/t23-/m0/s1. The van der Waals surface area contributed by atoms with E-state index in [2.05, 4.69) is 0 Å². The number of methoxy groups -OCH3 is 1. The van der Waals surface area contributed by atoms with Crippen LogP contribution in [0.4, 0.5) is 9.18 Å². The van der Waals surface area contributed by atoms with Gasteiger partial charge in [0.05, 0.1) is 13.2 Å². The minimum absolute atomic E-state index is 0.0802. The highest BCUT2D eigenvalue weighted by Gasteiger charge is 2.42. The maximum absolute atomic E-state index is 14.8. The van der Waals surface area contributed by atoms with Gasteiger partial charge in [-0.15, -0.1) is 0 Å². The first kappa shape index (κ1) is 24.3. The molecule has 1 aliphatic carbocycles. The zero-order chi connectivity index (χ0) is 25.3. The number of halogens is 1. The first-order valence-electron chi connectivity index (χ1n) is 11.4. The lowest BCUT2D eigenvalue weighted by atomic mass is 9.98. The smallest absolute Gasteiger partial charge is 0.411 e. The van der Waals surface area contributed by atoms with Crippen molar-refractivity contribution in [1.82, 2.24) is 4.90 Å². The van der Waals surface area contributed by atoms with Crippen LogP contribution in [0.15, 0.2) is 66.7 Å². The van der Waals surface area contributed by atoms with Crippen LogP contribution in [0.1, 0.15) is 43.5 Å². The van der Waals surface area contributed by atoms with Gasteiger partial charge in [0.1, 0.15) is 11.6 Å². The van der Waals surface area contributed by atoms with Gasteiger partial charge in [-0.3, -0.25) is 4.90 Å². The molecule has 0 aliphatic heterocycles. The summed E-state index contributed by atoms with van der Waals surface area (Å²) in [6.07, 6.45) is -0.889. The number of hydrogen-bond donors (Lipinski definition) is 1. The van der Waals surface area contributed by atoms with Crippen LogP contribution in [0.25, 0.3) is 11.1 Å². The van der Waals surface area contributed by atoms with Crippen molar-refractivity contribution in [3.05, 3.63) is 89.2 Å². The molecule has 1 amide bonds. The van der Waals surface area contributed by atoms with Crippen molar-refractivity contribution >= 4 is 12.1 Å². The summed E-state index contributed by atoms with van der Waals surface area (Å²) in [4.78, 5) is 26.8. The monoisotopic (exact) mass is 477 g/mol. The van der Waals surface area contributed by atoms with Gasteiger partial charge >= 0.3 is 12.1 Å². The summed E-state index contributed by atoms with van der Waals surface area (Å²) in [7, 11) is 1.22. The Morgan fingerprint density at radius 1 is 1.00 bits per heavy atom. The first-order valence-corrected chi connectivity index (χ1v) is 11.4. The van der Waals surface area contributed by atoms with Gasteiger partial charge in [-0.25, -0.2) is 14.0 Å². The summed E-state index contributed by atoms with van der Waals surface area (Å²) in [5.41, 5.74) is 3.32. The lowest BCUT2D eigenvalue weighted by molar-refractivity contribution is -0.143. The zero-order valence-electron chi connectivity index (χ0n) is 20.1. The highest BCUT2D eigenvalue weighted by Crippen LogP contribution is 2.47. The molecule has 0 radical (unpaired) electrons. The third-order valence-corrected chi connectivity index (χ3v) is 5.93. The SMILES string of the molecule is COC(=O)N(C1c2ccccc2-c2ccccc21)[C@@H](Cc1ccc(OC(C)(C)C)c(F)c1)C(=O)O. The number of amides is 1. The quantitative estimate of drug-likeness (QED) is 0.483. The second kappa shape index (κ2) is 9.41. The Bertz CT molecular complexity index is 1220. The summed E-state index contributed by atoms with van der Waals surface area (Å²) in [6.45, 7) is 5.44. The van der Waals surface area contributed by atoms with Crippen molar-refractivity contribution in [1.29, 1.82) is 0 Å². The molecule has 35 heavy (non-hydrogen) atoms. The second-order valence-electron chi connectivity index (χ2n) is 9.49. The lowest BCUT2D eigenvalue weighted by Crippen LogP contribution is -2.48. The number of benzene rings is 3. The molecule has 0 saturated heterocycles. The Morgan fingerprint density at radius 3 is 2.06 bits per heavy atom. The normalized spacial score (nSPS) is 13.5. The molecule has 7 heteroatoms. The van der Waals surface area contributed by atoms with Crippen LogP contribution >= 0.6 is 0 Å². The van der Waals surface area contributed by atoms with Gasteiger partial charge in [0.15, 0.2) is 11.6 Å². The minimum atomic E-state index is -1.31. The third kappa shape index (κ3) is 4.85. The van der Waals surface area contributed by atoms with E-state index in [0.29, 0.717) is 5.56 Å². The predicted octanol–water partition coefficient (Wildman–Crippen LogP) is 5.84. The van der Waals surface area contributed by atoms with Gasteiger partial charge in [0.2, 0.25) is 0 Å². The molecular weight excluding hydrogens is 449 g/mol. The average Bonchev–Trinajstić information content (AvgIpc) is 3.14. The Kier molecular flexibility index (Phi) is 6.52. The molecule has 0 fully saturated rings. The summed E-state index contributed by atoms with van der Waals surface area (Å²) in [5, 5.41) is 10.2. The first-order chi connectivity index (χ1) is 16.6. The molecule has 0 spiro atoms. The fourth-order valence-corrected chi connectivity index (χ4v) is 4.56. The summed E-state index contributed by atoms with van der Waals surface area (Å²) in [5.74, 6) is -1.73. The Morgan fingerprint density at radius 2 is 1.57 bits per heavy atom. The van der Waals surface area contributed by atoms with Crippen molar-refractivity contribution in [2.45, 2.75) is 44.9 Å². The van der Waals surface area contributed by atoms with Crippen LogP contribution in [0.3, 0.4) is 0 Å². The number of ether oxygens (including phenoxy) is 2. The maximum atomic E-state index is 14.8. The Balaban J connectivity index is 1.75. The molecule has 0 saturated carbocycles. The van der Waals surface area contributed by atoms with Crippen LogP contribution in [-0.4, -0.2) is 40.8 Å². The van der Waals surface area contributed by atoms with Crippen molar-refractivity contribution in [2.75, 3.05) is 7.11 Å². The van der Waals surface area contributed by atoms with E-state index >= 15 is 0 Å². The number of aliphatic carboxylic acids is 1. The molecule has 0 aromatic heterocycles. The van der Waals surface area contributed by atoms with E-state index in [9.17, 15) is 19.1 Å². The minimum Gasteiger partial charge on any atom is -0.485 e. The molecule has 4 rings (SSSR count). The summed E-state index contributed by atoms with van der Waals surface area (Å²) in [6, 6.07) is 17.6. The molecule has 3 aromatic carbocycles. The van der Waals surface area contributed by atoms with E-state index in [1.54, 1.807) is 6.07 Å². The van der Waals surface area contributed by atoms with E-state index in [-0.39, 0.29) is 12.2 Å². The van der Waals surface area contributed by atoms with Crippen molar-refractivity contribution in [2.24, 2.45) is 0 Å². The van der Waals surface area contributed by atoms with Crippen LogP contribution in [0.5, 0.6) is 5.75 Å². The van der Waals surface area contributed by atoms with Crippen molar-refractivity contribution in [3.8, 4) is 16.9 Å². The third-order valence-electron chi connectivity index (χ3n) is 5.93. The highest BCUT2D eigenvalue weighted by molar-refractivity contribution is 5.85. The number of carbonyl (C=O) groups excluding carboxylic acids is 1. The van der Waals surface area contributed by atoms with Crippen LogP contribution in [0, 0.1) is 5.82 Å². The lowest BCUT2D eigenvalue weighted by Gasteiger charge is -2.34. The molecular formula is C28H28FNO5.